The second-order valence-electron chi connectivity index (χ2n) is 4.68. The molecule has 25 heavy (non-hydrogen) atoms. The molecule has 0 atom stereocenters. The summed E-state index contributed by atoms with van der Waals surface area (Å²) in [6.07, 6.45) is 2.90. The summed E-state index contributed by atoms with van der Waals surface area (Å²) in [7, 11) is 0. The molecular formula is C20H32FN3O. The molecular weight excluding hydrogens is 317 g/mol. The molecule has 0 aliphatic heterocycles. The lowest BCUT2D eigenvalue weighted by Crippen LogP contribution is -2.13. The number of nitrogens with zero attached hydrogens (tertiary/aromatic N) is 2. The van der Waals surface area contributed by atoms with Crippen molar-refractivity contribution in [3.8, 4) is 11.1 Å². The highest BCUT2D eigenvalue weighted by Gasteiger charge is 2.11. The number of carbonyl (C=O) groups excluding carboxylic acids is 1. The van der Waals surface area contributed by atoms with E-state index in [4.69, 9.17) is 5.73 Å². The first kappa shape index (κ1) is 24.9. The quantitative estimate of drug-likeness (QED) is 0.782. The van der Waals surface area contributed by atoms with Gasteiger partial charge in [-0.25, -0.2) is 14.4 Å². The van der Waals surface area contributed by atoms with Crippen LogP contribution in [0.3, 0.4) is 0 Å². The lowest BCUT2D eigenvalue weighted by molar-refractivity contribution is 0.0996. The number of aromatic nitrogens is 2. The van der Waals surface area contributed by atoms with E-state index in [0.717, 1.165) is 11.3 Å². The third kappa shape index (κ3) is 8.38. The number of primary amides is 1. The summed E-state index contributed by atoms with van der Waals surface area (Å²) < 4.78 is 13.4. The van der Waals surface area contributed by atoms with Gasteiger partial charge in [0, 0.05) is 17.5 Å². The molecule has 0 unspecified atom stereocenters. The topological polar surface area (TPSA) is 68.9 Å². The Morgan fingerprint density at radius 2 is 1.64 bits per heavy atom. The number of aryl methyl sites for hydroxylation is 2. The fourth-order valence-electron chi connectivity index (χ4n) is 1.75. The molecule has 2 aromatic rings. The highest BCUT2D eigenvalue weighted by Crippen LogP contribution is 2.23. The van der Waals surface area contributed by atoms with Crippen LogP contribution in [0.25, 0.3) is 11.1 Å². The zero-order chi connectivity index (χ0) is 20.0. The molecule has 0 fully saturated rings. The Morgan fingerprint density at radius 1 is 1.12 bits per heavy atom. The Bertz CT molecular complexity index is 643. The number of rotatable bonds is 2. The van der Waals surface area contributed by atoms with Gasteiger partial charge in [0.05, 0.1) is 5.56 Å². The van der Waals surface area contributed by atoms with Gasteiger partial charge in [0.2, 0.25) is 0 Å². The lowest BCUT2D eigenvalue weighted by atomic mass is 10.0. The molecule has 4 nitrogen and oxygen atoms in total. The van der Waals surface area contributed by atoms with Crippen LogP contribution in [0.4, 0.5) is 4.39 Å². The Kier molecular flexibility index (Phi) is 14.0. The molecule has 0 aliphatic rings. The molecule has 0 radical (unpaired) electrons. The highest BCUT2D eigenvalue weighted by molar-refractivity contribution is 5.94. The van der Waals surface area contributed by atoms with Gasteiger partial charge in [-0.2, -0.15) is 0 Å². The third-order valence-electron chi connectivity index (χ3n) is 2.64. The van der Waals surface area contributed by atoms with E-state index in [1.165, 1.54) is 18.6 Å². The van der Waals surface area contributed by atoms with Gasteiger partial charge in [-0.05, 0) is 31.5 Å². The molecule has 0 saturated heterocycles. The van der Waals surface area contributed by atoms with Crippen LogP contribution in [0.5, 0.6) is 0 Å². The number of hydrogen-bond donors (Lipinski definition) is 1. The van der Waals surface area contributed by atoms with Gasteiger partial charge in [0.1, 0.15) is 11.6 Å². The smallest absolute Gasteiger partial charge is 0.251 e. The van der Waals surface area contributed by atoms with Gasteiger partial charge < -0.3 is 5.73 Å². The summed E-state index contributed by atoms with van der Waals surface area (Å²) in [5.41, 5.74) is 7.17. The summed E-state index contributed by atoms with van der Waals surface area (Å²) in [6, 6.07) is 4.20. The van der Waals surface area contributed by atoms with Crippen LogP contribution in [-0.4, -0.2) is 15.9 Å². The van der Waals surface area contributed by atoms with Crippen molar-refractivity contribution >= 4 is 5.91 Å². The van der Waals surface area contributed by atoms with Crippen molar-refractivity contribution in [3.05, 3.63) is 47.3 Å². The van der Waals surface area contributed by atoms with Crippen molar-refractivity contribution in [3.63, 3.8) is 0 Å². The lowest BCUT2D eigenvalue weighted by Gasteiger charge is -2.07. The zero-order valence-corrected chi connectivity index (χ0v) is 16.8. The first-order valence-corrected chi connectivity index (χ1v) is 8.80. The van der Waals surface area contributed by atoms with Crippen LogP contribution in [0.15, 0.2) is 24.4 Å². The van der Waals surface area contributed by atoms with E-state index in [9.17, 15) is 9.18 Å². The normalized spacial score (nSPS) is 8.68. The van der Waals surface area contributed by atoms with Crippen molar-refractivity contribution in [2.24, 2.45) is 5.73 Å². The van der Waals surface area contributed by atoms with E-state index in [0.29, 0.717) is 11.4 Å². The molecule has 140 valence electrons. The molecule has 2 N–H and O–H groups in total. The molecule has 2 rings (SSSR count). The first-order valence-electron chi connectivity index (χ1n) is 8.80. The summed E-state index contributed by atoms with van der Waals surface area (Å²) in [6.45, 7) is 15.9. The van der Waals surface area contributed by atoms with E-state index in [1.54, 1.807) is 19.2 Å². The number of hydrogen-bond acceptors (Lipinski definition) is 3. The second-order valence-corrected chi connectivity index (χ2v) is 4.68. The van der Waals surface area contributed by atoms with E-state index in [1.807, 2.05) is 34.6 Å². The van der Waals surface area contributed by atoms with Crippen LogP contribution in [0.2, 0.25) is 0 Å². The van der Waals surface area contributed by atoms with Crippen LogP contribution in [0.1, 0.15) is 69.8 Å². The van der Waals surface area contributed by atoms with Crippen LogP contribution < -0.4 is 5.73 Å². The van der Waals surface area contributed by atoms with Gasteiger partial charge in [-0.1, -0.05) is 54.0 Å². The molecule has 5 heteroatoms. The number of benzene rings is 1. The molecule has 1 aromatic carbocycles. The SMILES string of the molecule is CC.CC.CCC.Cc1ncc(-c2ccc(F)c(C(N)=O)c2)c(C)n1. The number of amides is 1. The first-order chi connectivity index (χ1) is 11.9. The molecule has 0 spiro atoms. The maximum Gasteiger partial charge on any atom is 0.251 e. The third-order valence-corrected chi connectivity index (χ3v) is 2.64. The Hall–Kier alpha value is -2.30. The van der Waals surface area contributed by atoms with Crippen molar-refractivity contribution in [2.75, 3.05) is 0 Å². The summed E-state index contributed by atoms with van der Waals surface area (Å²) in [5, 5.41) is 0. The number of nitrogens with two attached hydrogens (primary N) is 1. The summed E-state index contributed by atoms with van der Waals surface area (Å²) in [4.78, 5) is 19.4. The van der Waals surface area contributed by atoms with Gasteiger partial charge in [-0.15, -0.1) is 0 Å². The number of carbonyl (C=O) groups is 1. The minimum Gasteiger partial charge on any atom is -0.366 e. The molecule has 1 amide bonds. The van der Waals surface area contributed by atoms with Gasteiger partial charge in [-0.3, -0.25) is 4.79 Å². The predicted molar refractivity (Wildman–Crippen MR) is 104 cm³/mol. The molecule has 0 aliphatic carbocycles. The van der Waals surface area contributed by atoms with E-state index in [-0.39, 0.29) is 5.56 Å². The second kappa shape index (κ2) is 14.1. The maximum absolute atomic E-state index is 13.4. The number of halogens is 1. The van der Waals surface area contributed by atoms with Gasteiger partial charge >= 0.3 is 0 Å². The van der Waals surface area contributed by atoms with E-state index in [2.05, 4.69) is 23.8 Å². The van der Waals surface area contributed by atoms with Crippen molar-refractivity contribution in [1.29, 1.82) is 0 Å². The zero-order valence-electron chi connectivity index (χ0n) is 16.8. The summed E-state index contributed by atoms with van der Waals surface area (Å²) >= 11 is 0. The molecule has 1 aromatic heterocycles. The Morgan fingerprint density at radius 3 is 2.08 bits per heavy atom. The fourth-order valence-corrected chi connectivity index (χ4v) is 1.75. The van der Waals surface area contributed by atoms with Crippen molar-refractivity contribution < 1.29 is 9.18 Å². The average Bonchev–Trinajstić information content (AvgIpc) is 2.60. The van der Waals surface area contributed by atoms with E-state index < -0.39 is 11.7 Å². The average molecular weight is 349 g/mol. The maximum atomic E-state index is 13.4. The van der Waals surface area contributed by atoms with Crippen molar-refractivity contribution in [1.82, 2.24) is 9.97 Å². The molecule has 0 bridgehead atoms. The molecule has 0 saturated carbocycles. The van der Waals surface area contributed by atoms with E-state index >= 15 is 0 Å². The fraction of sp³-hybridized carbons (Fsp3) is 0.450. The van der Waals surface area contributed by atoms with Crippen molar-refractivity contribution in [2.45, 2.75) is 61.8 Å². The standard InChI is InChI=1S/C13H12FN3O.C3H8.2C2H6/c1-7-11(6-16-8(2)17-7)9-3-4-12(14)10(5-9)13(15)18;1-3-2;2*1-2/h3-6H,1-2H3,(H2,15,18);3H2,1-2H3;2*1-2H3. The summed E-state index contributed by atoms with van der Waals surface area (Å²) in [5.74, 6) is -0.759. The van der Waals surface area contributed by atoms with Gasteiger partial charge in [0.25, 0.3) is 5.91 Å². The van der Waals surface area contributed by atoms with Crippen LogP contribution in [0, 0.1) is 19.7 Å². The Balaban J connectivity index is 0. The Labute approximate surface area is 151 Å². The van der Waals surface area contributed by atoms with Crippen LogP contribution >= 0.6 is 0 Å². The minimum atomic E-state index is -0.792. The largest absolute Gasteiger partial charge is 0.366 e. The monoisotopic (exact) mass is 349 g/mol. The van der Waals surface area contributed by atoms with Gasteiger partial charge in [0.15, 0.2) is 0 Å². The highest BCUT2D eigenvalue weighted by atomic mass is 19.1. The predicted octanol–water partition coefficient (Wildman–Crippen LogP) is 5.47. The van der Waals surface area contributed by atoms with Crippen LogP contribution in [-0.2, 0) is 0 Å². The minimum absolute atomic E-state index is 0.132. The molecule has 1 heterocycles.